The normalized spacial score (nSPS) is 24.3. The lowest BCUT2D eigenvalue weighted by Crippen LogP contribution is -2.46. The number of fused-ring (bicyclic) bond motifs is 1. The molecule has 1 amide bonds. The Labute approximate surface area is 170 Å². The molecule has 0 radical (unpaired) electrons. The molecular weight excluding hydrogens is 413 g/mol. The van der Waals surface area contributed by atoms with Crippen LogP contribution in [0.25, 0.3) is 5.65 Å². The van der Waals surface area contributed by atoms with Crippen molar-refractivity contribution >= 4 is 34.9 Å². The summed E-state index contributed by atoms with van der Waals surface area (Å²) >= 11 is 6.99. The van der Waals surface area contributed by atoms with E-state index in [0.717, 1.165) is 43.3 Å². The maximum Gasteiger partial charge on any atom is 0.417 e. The highest BCUT2D eigenvalue weighted by atomic mass is 35.5. The summed E-state index contributed by atoms with van der Waals surface area (Å²) in [5, 5.41) is 10.4. The summed E-state index contributed by atoms with van der Waals surface area (Å²) in [6, 6.07) is 0.933. The zero-order valence-corrected chi connectivity index (χ0v) is 17.3. The number of aromatic nitrogens is 3. The Bertz CT molecular complexity index is 872. The third-order valence-corrected chi connectivity index (χ3v) is 6.78. The molecule has 4 atom stereocenters. The summed E-state index contributed by atoms with van der Waals surface area (Å²) in [5.41, 5.74) is -0.770. The fourth-order valence-corrected chi connectivity index (χ4v) is 4.54. The first-order chi connectivity index (χ1) is 13.1. The van der Waals surface area contributed by atoms with Gasteiger partial charge in [-0.15, -0.1) is 10.2 Å². The van der Waals surface area contributed by atoms with E-state index in [2.05, 4.69) is 29.4 Å². The van der Waals surface area contributed by atoms with E-state index in [4.69, 9.17) is 11.6 Å². The molecule has 1 aliphatic carbocycles. The van der Waals surface area contributed by atoms with Crippen molar-refractivity contribution in [2.75, 3.05) is 0 Å². The van der Waals surface area contributed by atoms with Crippen LogP contribution in [-0.4, -0.2) is 31.8 Å². The number of thioether (sulfide) groups is 1. The standard InChI is InChI=1S/C18H22ClF3N4OS/c1-9-5-4-6-14(10(9)2)23-16(27)11(3)28-17-25-24-15-13(19)7-12(8-26(15)17)18(20,21)22/h7-11,14H,4-6H2,1-3H3,(H,23,27)/t9-,10-,11-,14+/m1/s1. The van der Waals surface area contributed by atoms with Crippen LogP contribution >= 0.6 is 23.4 Å². The average molecular weight is 435 g/mol. The number of nitrogens with one attached hydrogen (secondary N) is 1. The van der Waals surface area contributed by atoms with Gasteiger partial charge in [0.25, 0.3) is 0 Å². The Hall–Kier alpha value is -1.48. The molecule has 0 spiro atoms. The van der Waals surface area contributed by atoms with E-state index < -0.39 is 17.0 Å². The predicted molar refractivity (Wildman–Crippen MR) is 102 cm³/mol. The second-order valence-corrected chi connectivity index (χ2v) is 9.11. The number of rotatable bonds is 4. The molecule has 1 aliphatic rings. The van der Waals surface area contributed by atoms with Gasteiger partial charge in [0.1, 0.15) is 0 Å². The molecule has 28 heavy (non-hydrogen) atoms. The molecule has 3 rings (SSSR count). The lowest BCUT2D eigenvalue weighted by molar-refractivity contribution is -0.137. The van der Waals surface area contributed by atoms with Crippen molar-refractivity contribution in [1.82, 2.24) is 19.9 Å². The molecule has 0 aliphatic heterocycles. The van der Waals surface area contributed by atoms with Crippen molar-refractivity contribution in [3.63, 3.8) is 0 Å². The third-order valence-electron chi connectivity index (χ3n) is 5.44. The maximum atomic E-state index is 13.1. The largest absolute Gasteiger partial charge is 0.417 e. The Morgan fingerprint density at radius 2 is 2.07 bits per heavy atom. The van der Waals surface area contributed by atoms with Gasteiger partial charge in [0.2, 0.25) is 5.91 Å². The van der Waals surface area contributed by atoms with Crippen LogP contribution in [0, 0.1) is 11.8 Å². The first kappa shape index (κ1) is 21.2. The summed E-state index contributed by atoms with van der Waals surface area (Å²) < 4.78 is 40.4. The monoisotopic (exact) mass is 434 g/mol. The molecule has 0 saturated heterocycles. The number of amides is 1. The molecular formula is C18H22ClF3N4OS. The van der Waals surface area contributed by atoms with Gasteiger partial charge in [0, 0.05) is 12.2 Å². The van der Waals surface area contributed by atoms with Crippen molar-refractivity contribution < 1.29 is 18.0 Å². The molecule has 10 heteroatoms. The van der Waals surface area contributed by atoms with Gasteiger partial charge in [-0.25, -0.2) is 0 Å². The molecule has 1 N–H and O–H groups in total. The molecule has 0 unspecified atom stereocenters. The van der Waals surface area contributed by atoms with Crippen molar-refractivity contribution in [2.45, 2.75) is 62.7 Å². The summed E-state index contributed by atoms with van der Waals surface area (Å²) in [6.45, 7) is 6.03. The SMILES string of the molecule is C[C@@H]1[C@H](C)CCC[C@@H]1NC(=O)[C@@H](C)Sc1nnc2c(Cl)cc(C(F)(F)F)cn12. The zero-order valence-electron chi connectivity index (χ0n) is 15.8. The minimum atomic E-state index is -4.54. The van der Waals surface area contributed by atoms with Crippen molar-refractivity contribution in [3.05, 3.63) is 22.8 Å². The van der Waals surface area contributed by atoms with Crippen LogP contribution in [0.1, 0.15) is 45.6 Å². The number of carbonyl (C=O) groups excluding carboxylic acids is 1. The molecule has 2 aromatic heterocycles. The van der Waals surface area contributed by atoms with E-state index in [9.17, 15) is 18.0 Å². The van der Waals surface area contributed by atoms with Crippen LogP contribution in [0.3, 0.4) is 0 Å². The van der Waals surface area contributed by atoms with Gasteiger partial charge in [0.05, 0.1) is 15.8 Å². The fraction of sp³-hybridized carbons (Fsp3) is 0.611. The Morgan fingerprint density at radius 1 is 1.36 bits per heavy atom. The molecule has 1 fully saturated rings. The summed E-state index contributed by atoms with van der Waals surface area (Å²) in [7, 11) is 0. The quantitative estimate of drug-likeness (QED) is 0.700. The summed E-state index contributed by atoms with van der Waals surface area (Å²) in [5.74, 6) is 0.771. The van der Waals surface area contributed by atoms with Gasteiger partial charge >= 0.3 is 6.18 Å². The highest BCUT2D eigenvalue weighted by molar-refractivity contribution is 8.00. The van der Waals surface area contributed by atoms with Crippen LogP contribution in [0.15, 0.2) is 17.4 Å². The minimum absolute atomic E-state index is 0.112. The van der Waals surface area contributed by atoms with E-state index in [-0.39, 0.29) is 27.8 Å². The maximum absolute atomic E-state index is 13.1. The van der Waals surface area contributed by atoms with Crippen LogP contribution in [0.4, 0.5) is 13.2 Å². The number of alkyl halides is 3. The Balaban J connectivity index is 1.76. The minimum Gasteiger partial charge on any atom is -0.352 e. The van der Waals surface area contributed by atoms with Crippen molar-refractivity contribution in [1.29, 1.82) is 0 Å². The molecule has 2 aromatic rings. The van der Waals surface area contributed by atoms with Crippen LogP contribution in [0.2, 0.25) is 5.02 Å². The first-order valence-corrected chi connectivity index (χ1v) is 10.4. The molecule has 5 nitrogen and oxygen atoms in total. The number of nitrogens with zero attached hydrogens (tertiary/aromatic N) is 3. The molecule has 1 saturated carbocycles. The van der Waals surface area contributed by atoms with Crippen LogP contribution in [0.5, 0.6) is 0 Å². The number of carbonyl (C=O) groups is 1. The fourth-order valence-electron chi connectivity index (χ4n) is 3.47. The van der Waals surface area contributed by atoms with Crippen molar-refractivity contribution in [2.24, 2.45) is 11.8 Å². The lowest BCUT2D eigenvalue weighted by Gasteiger charge is -2.35. The summed E-state index contributed by atoms with van der Waals surface area (Å²) in [6.07, 6.45) is -0.468. The van der Waals surface area contributed by atoms with Crippen LogP contribution in [-0.2, 0) is 11.0 Å². The van der Waals surface area contributed by atoms with E-state index in [1.807, 2.05) is 0 Å². The number of pyridine rings is 1. The predicted octanol–water partition coefficient (Wildman–Crippen LogP) is 4.82. The van der Waals surface area contributed by atoms with E-state index in [1.54, 1.807) is 6.92 Å². The molecule has 0 bridgehead atoms. The number of halogens is 4. The van der Waals surface area contributed by atoms with Gasteiger partial charge in [-0.1, -0.05) is 50.1 Å². The zero-order chi connectivity index (χ0) is 20.6. The van der Waals surface area contributed by atoms with E-state index in [1.165, 1.54) is 4.40 Å². The second kappa shape index (κ2) is 8.10. The van der Waals surface area contributed by atoms with Gasteiger partial charge in [-0.05, 0) is 31.2 Å². The highest BCUT2D eigenvalue weighted by Gasteiger charge is 2.33. The first-order valence-electron chi connectivity index (χ1n) is 9.16. The number of hydrogen-bond donors (Lipinski definition) is 1. The Kier molecular flexibility index (Phi) is 6.14. The molecule has 154 valence electrons. The average Bonchev–Trinajstić information content (AvgIpc) is 3.01. The number of hydrogen-bond acceptors (Lipinski definition) is 4. The van der Waals surface area contributed by atoms with Crippen LogP contribution < -0.4 is 5.32 Å². The molecule has 0 aromatic carbocycles. The lowest BCUT2D eigenvalue weighted by atomic mass is 9.78. The Morgan fingerprint density at radius 3 is 2.75 bits per heavy atom. The third kappa shape index (κ3) is 4.40. The topological polar surface area (TPSA) is 59.3 Å². The summed E-state index contributed by atoms with van der Waals surface area (Å²) in [4.78, 5) is 12.6. The van der Waals surface area contributed by atoms with Crippen molar-refractivity contribution in [3.8, 4) is 0 Å². The van der Waals surface area contributed by atoms with E-state index in [0.29, 0.717) is 11.8 Å². The van der Waals surface area contributed by atoms with Gasteiger partial charge in [-0.3, -0.25) is 9.20 Å². The van der Waals surface area contributed by atoms with Gasteiger partial charge in [-0.2, -0.15) is 13.2 Å². The van der Waals surface area contributed by atoms with Gasteiger partial charge in [0.15, 0.2) is 10.8 Å². The second-order valence-electron chi connectivity index (χ2n) is 7.39. The smallest absolute Gasteiger partial charge is 0.352 e. The molecule has 2 heterocycles. The van der Waals surface area contributed by atoms with Gasteiger partial charge < -0.3 is 5.32 Å². The van der Waals surface area contributed by atoms with E-state index >= 15 is 0 Å². The highest BCUT2D eigenvalue weighted by Crippen LogP contribution is 2.34.